The molecule has 1 atom stereocenters. The molecule has 5 nitrogen and oxygen atoms in total. The first-order valence-electron chi connectivity index (χ1n) is 11.5. The van der Waals surface area contributed by atoms with Crippen LogP contribution >= 0.6 is 0 Å². The SMILES string of the molecule is Cc1ccc(OCCCC(=O)N(Cc2ccccc2F)[C@H](C)C(=O)NC2CCCC2)cc1. The molecule has 0 bridgehead atoms. The molecule has 3 rings (SSSR count). The summed E-state index contributed by atoms with van der Waals surface area (Å²) in [7, 11) is 0. The quantitative estimate of drug-likeness (QED) is 0.542. The lowest BCUT2D eigenvalue weighted by Crippen LogP contribution is -2.49. The Labute approximate surface area is 190 Å². The van der Waals surface area contributed by atoms with Crippen LogP contribution in [0.15, 0.2) is 48.5 Å². The van der Waals surface area contributed by atoms with E-state index in [9.17, 15) is 14.0 Å². The molecule has 1 N–H and O–H groups in total. The molecule has 1 fully saturated rings. The Kier molecular flexibility index (Phi) is 8.65. The maximum Gasteiger partial charge on any atom is 0.242 e. The topological polar surface area (TPSA) is 58.6 Å². The number of rotatable bonds is 10. The molecular weight excluding hydrogens is 407 g/mol. The Morgan fingerprint density at radius 2 is 1.81 bits per heavy atom. The predicted octanol–water partition coefficient (Wildman–Crippen LogP) is 4.77. The maximum absolute atomic E-state index is 14.3. The molecule has 0 unspecified atom stereocenters. The van der Waals surface area contributed by atoms with Crippen molar-refractivity contribution in [3.05, 3.63) is 65.5 Å². The second-order valence-corrected chi connectivity index (χ2v) is 8.54. The minimum atomic E-state index is -0.680. The molecule has 1 saturated carbocycles. The van der Waals surface area contributed by atoms with E-state index in [2.05, 4.69) is 5.32 Å². The molecule has 0 aliphatic heterocycles. The summed E-state index contributed by atoms with van der Waals surface area (Å²) in [5.41, 5.74) is 1.55. The van der Waals surface area contributed by atoms with Crippen molar-refractivity contribution >= 4 is 11.8 Å². The molecular formula is C26H33FN2O3. The number of benzene rings is 2. The van der Waals surface area contributed by atoms with E-state index in [-0.39, 0.29) is 36.6 Å². The first-order valence-corrected chi connectivity index (χ1v) is 11.5. The van der Waals surface area contributed by atoms with E-state index < -0.39 is 6.04 Å². The van der Waals surface area contributed by atoms with Gasteiger partial charge in [-0.25, -0.2) is 4.39 Å². The van der Waals surface area contributed by atoms with Crippen molar-refractivity contribution in [1.82, 2.24) is 10.2 Å². The fourth-order valence-corrected chi connectivity index (χ4v) is 3.98. The molecule has 172 valence electrons. The summed E-state index contributed by atoms with van der Waals surface area (Å²) in [5.74, 6) is 0.0132. The molecule has 1 aliphatic rings. The standard InChI is InChI=1S/C26H33FN2O3/c1-19-13-15-23(16-14-19)32-17-7-12-25(30)29(18-21-8-3-6-11-24(21)27)20(2)26(31)28-22-9-4-5-10-22/h3,6,8,11,13-16,20,22H,4-5,7,9-10,12,17-18H2,1-2H3,(H,28,31)/t20-/m1/s1. The summed E-state index contributed by atoms with van der Waals surface area (Å²) < 4.78 is 20.0. The largest absolute Gasteiger partial charge is 0.494 e. The lowest BCUT2D eigenvalue weighted by Gasteiger charge is -2.30. The third-order valence-electron chi connectivity index (χ3n) is 5.99. The van der Waals surface area contributed by atoms with Crippen molar-refractivity contribution < 1.29 is 18.7 Å². The molecule has 2 aromatic rings. The van der Waals surface area contributed by atoms with Gasteiger partial charge in [0.25, 0.3) is 0 Å². The Morgan fingerprint density at radius 3 is 2.50 bits per heavy atom. The maximum atomic E-state index is 14.3. The number of carbonyl (C=O) groups is 2. The van der Waals surface area contributed by atoms with Crippen molar-refractivity contribution in [2.75, 3.05) is 6.61 Å². The van der Waals surface area contributed by atoms with Gasteiger partial charge in [0, 0.05) is 24.6 Å². The normalized spacial score (nSPS) is 14.7. The molecule has 6 heteroatoms. The summed E-state index contributed by atoms with van der Waals surface area (Å²) in [6.07, 6.45) is 4.89. The zero-order chi connectivity index (χ0) is 22.9. The van der Waals surface area contributed by atoms with Gasteiger partial charge in [-0.2, -0.15) is 0 Å². The van der Waals surface area contributed by atoms with Crippen LogP contribution in [0.4, 0.5) is 4.39 Å². The lowest BCUT2D eigenvalue weighted by atomic mass is 10.1. The number of ether oxygens (including phenoxy) is 1. The van der Waals surface area contributed by atoms with Gasteiger partial charge in [0.05, 0.1) is 6.61 Å². The number of halogens is 1. The summed E-state index contributed by atoms with van der Waals surface area (Å²) in [6.45, 7) is 4.18. The first kappa shape index (κ1) is 23.8. The van der Waals surface area contributed by atoms with Gasteiger partial charge in [0.15, 0.2) is 0 Å². The monoisotopic (exact) mass is 440 g/mol. The molecule has 0 heterocycles. The van der Waals surface area contributed by atoms with Crippen LogP contribution in [0.5, 0.6) is 5.75 Å². The van der Waals surface area contributed by atoms with Crippen LogP contribution in [-0.2, 0) is 16.1 Å². The number of carbonyl (C=O) groups excluding carboxylic acids is 2. The van der Waals surface area contributed by atoms with Gasteiger partial charge in [0.1, 0.15) is 17.6 Å². The highest BCUT2D eigenvalue weighted by Crippen LogP contribution is 2.19. The highest BCUT2D eigenvalue weighted by atomic mass is 19.1. The molecule has 0 aromatic heterocycles. The number of hydrogen-bond donors (Lipinski definition) is 1. The van der Waals surface area contributed by atoms with Gasteiger partial charge in [-0.1, -0.05) is 48.7 Å². The first-order chi connectivity index (χ1) is 15.4. The number of nitrogens with zero attached hydrogens (tertiary/aromatic N) is 1. The van der Waals surface area contributed by atoms with Gasteiger partial charge in [-0.3, -0.25) is 9.59 Å². The molecule has 0 saturated heterocycles. The number of nitrogens with one attached hydrogen (secondary N) is 1. The van der Waals surface area contributed by atoms with E-state index in [1.807, 2.05) is 31.2 Å². The van der Waals surface area contributed by atoms with E-state index in [0.29, 0.717) is 18.6 Å². The van der Waals surface area contributed by atoms with Crippen LogP contribution in [0.3, 0.4) is 0 Å². The third kappa shape index (κ3) is 6.81. The Bertz CT molecular complexity index is 894. The number of hydrogen-bond acceptors (Lipinski definition) is 3. The molecule has 1 aliphatic carbocycles. The minimum Gasteiger partial charge on any atom is -0.494 e. The van der Waals surface area contributed by atoms with Crippen molar-refractivity contribution in [2.45, 2.75) is 71.0 Å². The highest BCUT2D eigenvalue weighted by molar-refractivity contribution is 5.87. The zero-order valence-corrected chi connectivity index (χ0v) is 19.0. The van der Waals surface area contributed by atoms with Crippen molar-refractivity contribution in [1.29, 1.82) is 0 Å². The van der Waals surface area contributed by atoms with E-state index in [1.165, 1.54) is 11.0 Å². The lowest BCUT2D eigenvalue weighted by molar-refractivity contribution is -0.141. The second kappa shape index (κ2) is 11.7. The average molecular weight is 441 g/mol. The number of aryl methyl sites for hydroxylation is 1. The molecule has 2 aromatic carbocycles. The van der Waals surface area contributed by atoms with Gasteiger partial charge >= 0.3 is 0 Å². The van der Waals surface area contributed by atoms with Gasteiger partial charge in [0.2, 0.25) is 11.8 Å². The highest BCUT2D eigenvalue weighted by Gasteiger charge is 2.28. The predicted molar refractivity (Wildman–Crippen MR) is 123 cm³/mol. The van der Waals surface area contributed by atoms with E-state index in [4.69, 9.17) is 4.74 Å². The molecule has 2 amide bonds. The van der Waals surface area contributed by atoms with E-state index in [1.54, 1.807) is 25.1 Å². The van der Waals surface area contributed by atoms with Gasteiger partial charge in [-0.15, -0.1) is 0 Å². The second-order valence-electron chi connectivity index (χ2n) is 8.54. The van der Waals surface area contributed by atoms with Crippen LogP contribution in [0.2, 0.25) is 0 Å². The van der Waals surface area contributed by atoms with E-state index >= 15 is 0 Å². The van der Waals surface area contributed by atoms with Crippen molar-refractivity contribution in [3.63, 3.8) is 0 Å². The van der Waals surface area contributed by atoms with Crippen LogP contribution in [0, 0.1) is 12.7 Å². The zero-order valence-electron chi connectivity index (χ0n) is 19.0. The minimum absolute atomic E-state index is 0.0591. The van der Waals surface area contributed by atoms with Gasteiger partial charge in [-0.05, 0) is 51.3 Å². The van der Waals surface area contributed by atoms with Crippen molar-refractivity contribution in [3.8, 4) is 5.75 Å². The molecule has 0 radical (unpaired) electrons. The summed E-state index contributed by atoms with van der Waals surface area (Å²) >= 11 is 0. The summed E-state index contributed by atoms with van der Waals surface area (Å²) in [6, 6.07) is 13.6. The van der Waals surface area contributed by atoms with Crippen molar-refractivity contribution in [2.24, 2.45) is 0 Å². The van der Waals surface area contributed by atoms with E-state index in [0.717, 1.165) is 37.0 Å². The smallest absolute Gasteiger partial charge is 0.242 e. The fraction of sp³-hybridized carbons (Fsp3) is 0.462. The Hall–Kier alpha value is -2.89. The van der Waals surface area contributed by atoms with Crippen LogP contribution in [-0.4, -0.2) is 35.4 Å². The average Bonchev–Trinajstić information content (AvgIpc) is 3.30. The van der Waals surface area contributed by atoms with Crippen LogP contribution in [0.1, 0.15) is 56.6 Å². The Morgan fingerprint density at radius 1 is 1.12 bits per heavy atom. The van der Waals surface area contributed by atoms with Crippen LogP contribution < -0.4 is 10.1 Å². The molecule has 32 heavy (non-hydrogen) atoms. The summed E-state index contributed by atoms with van der Waals surface area (Å²) in [4.78, 5) is 27.4. The summed E-state index contributed by atoms with van der Waals surface area (Å²) in [5, 5.41) is 3.06. The fourth-order valence-electron chi connectivity index (χ4n) is 3.98. The van der Waals surface area contributed by atoms with Gasteiger partial charge < -0.3 is 15.0 Å². The molecule has 0 spiro atoms. The number of amides is 2. The van der Waals surface area contributed by atoms with Crippen LogP contribution in [0.25, 0.3) is 0 Å². The third-order valence-corrected chi connectivity index (χ3v) is 5.99. The Balaban J connectivity index is 1.60.